The van der Waals surface area contributed by atoms with E-state index in [1.807, 2.05) is 32.2 Å². The quantitative estimate of drug-likeness (QED) is 0.458. The first-order valence-electron chi connectivity index (χ1n) is 9.81. The Bertz CT molecular complexity index is 869. The van der Waals surface area contributed by atoms with Crippen LogP contribution < -0.4 is 0 Å². The monoisotopic (exact) mass is 396 g/mol. The number of benzene rings is 1. The molecular formula is C23H29N2O2P. The van der Waals surface area contributed by atoms with Crippen molar-refractivity contribution >= 4 is 26.0 Å². The van der Waals surface area contributed by atoms with Crippen molar-refractivity contribution in [2.45, 2.75) is 52.1 Å². The summed E-state index contributed by atoms with van der Waals surface area (Å²) in [5.74, 6) is 0.677. The van der Waals surface area contributed by atoms with Crippen molar-refractivity contribution in [2.24, 2.45) is 5.92 Å². The summed E-state index contributed by atoms with van der Waals surface area (Å²) in [5.41, 5.74) is 5.40. The van der Waals surface area contributed by atoms with Gasteiger partial charge in [-0.2, -0.15) is 0 Å². The molecule has 1 atom stereocenters. The lowest BCUT2D eigenvalue weighted by molar-refractivity contribution is -0.117. The van der Waals surface area contributed by atoms with Crippen molar-refractivity contribution in [1.29, 1.82) is 0 Å². The van der Waals surface area contributed by atoms with E-state index in [4.69, 9.17) is 0 Å². The molecule has 0 saturated heterocycles. The highest BCUT2D eigenvalue weighted by atomic mass is 31.0. The average Bonchev–Trinajstić information content (AvgIpc) is 3.44. The van der Waals surface area contributed by atoms with E-state index in [1.54, 1.807) is 11.8 Å². The van der Waals surface area contributed by atoms with Crippen molar-refractivity contribution in [3.63, 3.8) is 0 Å². The third kappa shape index (κ3) is 3.98. The van der Waals surface area contributed by atoms with E-state index < -0.39 is 0 Å². The van der Waals surface area contributed by atoms with E-state index >= 15 is 0 Å². The van der Waals surface area contributed by atoms with Crippen LogP contribution in [0.4, 0.5) is 0 Å². The smallest absolute Gasteiger partial charge is 0.260 e. The minimum absolute atomic E-state index is 0.0300. The first-order chi connectivity index (χ1) is 13.2. The van der Waals surface area contributed by atoms with Gasteiger partial charge >= 0.3 is 0 Å². The van der Waals surface area contributed by atoms with Crippen LogP contribution in [-0.2, 0) is 11.3 Å². The van der Waals surface area contributed by atoms with E-state index in [-0.39, 0.29) is 17.7 Å². The maximum absolute atomic E-state index is 13.4. The molecule has 1 saturated carbocycles. The van der Waals surface area contributed by atoms with Gasteiger partial charge in [0, 0.05) is 31.3 Å². The van der Waals surface area contributed by atoms with Gasteiger partial charge in [-0.15, -0.1) is 0 Å². The Morgan fingerprint density at radius 3 is 2.57 bits per heavy atom. The second-order valence-electron chi connectivity index (χ2n) is 8.09. The van der Waals surface area contributed by atoms with E-state index in [0.717, 1.165) is 33.4 Å². The van der Waals surface area contributed by atoms with Crippen LogP contribution in [0.3, 0.4) is 0 Å². The molecule has 1 aromatic rings. The van der Waals surface area contributed by atoms with Crippen LogP contribution in [0.25, 0.3) is 0 Å². The molecule has 1 aliphatic heterocycles. The normalized spacial score (nSPS) is 16.8. The van der Waals surface area contributed by atoms with Gasteiger partial charge in [-0.1, -0.05) is 45.8 Å². The standard InChI is InChI=1S/C23H29N2O2P/c1-14(2)20(12-9-15(3)26)25-22(27)21-18(7-6-8-19(21)23(25)28)13-24(5)16(4)17-10-11-17/h6-8,17,20,28H,1,4,9-13H2,2-3,5H3. The minimum atomic E-state index is -0.205. The maximum Gasteiger partial charge on any atom is 0.260 e. The second kappa shape index (κ2) is 8.05. The van der Waals surface area contributed by atoms with Gasteiger partial charge in [0.1, 0.15) is 5.78 Å². The van der Waals surface area contributed by atoms with E-state index in [0.29, 0.717) is 25.3 Å². The first kappa shape index (κ1) is 20.5. The lowest BCUT2D eigenvalue weighted by Gasteiger charge is -2.29. The average molecular weight is 396 g/mol. The number of carbonyl (C=O) groups is 2. The number of amides is 1. The molecule has 1 unspecified atom stereocenters. The van der Waals surface area contributed by atoms with Gasteiger partial charge in [0.2, 0.25) is 0 Å². The zero-order valence-corrected chi connectivity index (χ0v) is 18.0. The molecule has 5 heteroatoms. The fourth-order valence-electron chi connectivity index (χ4n) is 3.85. The molecule has 28 heavy (non-hydrogen) atoms. The van der Waals surface area contributed by atoms with E-state index in [1.165, 1.54) is 12.8 Å². The van der Waals surface area contributed by atoms with Crippen LogP contribution in [0.15, 0.2) is 42.6 Å². The summed E-state index contributed by atoms with van der Waals surface area (Å²) in [6.07, 6.45) is 3.41. The Labute approximate surface area is 170 Å². The fraction of sp³-hybridized carbons (Fsp3) is 0.435. The molecule has 0 N–H and O–H groups in total. The zero-order chi connectivity index (χ0) is 20.6. The highest BCUT2D eigenvalue weighted by Gasteiger charge is 2.38. The number of hydrogen-bond donors (Lipinski definition) is 0. The number of fused-ring (bicyclic) bond motifs is 1. The second-order valence-corrected chi connectivity index (χ2v) is 8.56. The molecule has 0 radical (unpaired) electrons. The summed E-state index contributed by atoms with van der Waals surface area (Å²) in [4.78, 5) is 28.8. The van der Waals surface area contributed by atoms with E-state index in [9.17, 15) is 9.59 Å². The number of Topliss-reactive ketones (excluding diaryl/α,β-unsaturated/α-hetero) is 1. The summed E-state index contributed by atoms with van der Waals surface area (Å²) in [6.45, 7) is 12.4. The minimum Gasteiger partial charge on any atom is -0.374 e. The molecule has 0 spiro atoms. The third-order valence-electron chi connectivity index (χ3n) is 5.68. The zero-order valence-electron chi connectivity index (χ0n) is 17.0. The van der Waals surface area contributed by atoms with E-state index in [2.05, 4.69) is 26.9 Å². The van der Waals surface area contributed by atoms with Gasteiger partial charge in [0.25, 0.3) is 5.91 Å². The third-order valence-corrected chi connectivity index (χ3v) is 6.19. The van der Waals surface area contributed by atoms with Gasteiger partial charge in [-0.05, 0) is 44.6 Å². The van der Waals surface area contributed by atoms with Gasteiger partial charge in [-0.25, -0.2) is 0 Å². The summed E-state index contributed by atoms with van der Waals surface area (Å²) in [7, 11) is 5.75. The summed E-state index contributed by atoms with van der Waals surface area (Å²) in [6, 6.07) is 5.77. The molecule has 1 aromatic carbocycles. The summed E-state index contributed by atoms with van der Waals surface area (Å²) < 4.78 is 0. The highest BCUT2D eigenvalue weighted by molar-refractivity contribution is 7.22. The van der Waals surface area contributed by atoms with Crippen LogP contribution in [0.2, 0.25) is 0 Å². The molecule has 1 aliphatic carbocycles. The van der Waals surface area contributed by atoms with Gasteiger partial charge < -0.3 is 9.69 Å². The Morgan fingerprint density at radius 1 is 1.32 bits per heavy atom. The number of carbonyl (C=O) groups excluding carboxylic acids is 2. The van der Waals surface area contributed by atoms with Crippen molar-refractivity contribution in [2.75, 3.05) is 7.05 Å². The van der Waals surface area contributed by atoms with Crippen molar-refractivity contribution < 1.29 is 9.59 Å². The largest absolute Gasteiger partial charge is 0.374 e. The Morgan fingerprint density at radius 2 is 2.00 bits per heavy atom. The molecule has 4 nitrogen and oxygen atoms in total. The predicted molar refractivity (Wildman–Crippen MR) is 117 cm³/mol. The lowest BCUT2D eigenvalue weighted by Crippen LogP contribution is -2.40. The molecule has 148 valence electrons. The van der Waals surface area contributed by atoms with Crippen molar-refractivity contribution in [3.05, 3.63) is 59.3 Å². The molecule has 0 bridgehead atoms. The van der Waals surface area contributed by atoms with Gasteiger partial charge in [-0.3, -0.25) is 9.69 Å². The number of ketones is 1. The van der Waals surface area contributed by atoms with Gasteiger partial charge in [0.15, 0.2) is 0 Å². The van der Waals surface area contributed by atoms with Crippen LogP contribution in [0, 0.1) is 5.92 Å². The molecule has 0 aromatic heterocycles. The van der Waals surface area contributed by atoms with Crippen LogP contribution in [0.1, 0.15) is 61.0 Å². The summed E-state index contributed by atoms with van der Waals surface area (Å²) in [5, 5.41) is 0. The molecule has 2 aliphatic rings. The summed E-state index contributed by atoms with van der Waals surface area (Å²) >= 11 is 0. The van der Waals surface area contributed by atoms with Gasteiger partial charge in [0.05, 0.1) is 17.0 Å². The maximum atomic E-state index is 13.4. The number of rotatable bonds is 9. The van der Waals surface area contributed by atoms with Crippen LogP contribution in [-0.4, -0.2) is 40.0 Å². The SMILES string of the molecule is C=C(C)C(CCC(C)=O)N1C(=O)c2c(CN(C)C(=C)C3CC3)cccc2C1=P. The molecule has 1 heterocycles. The predicted octanol–water partition coefficient (Wildman–Crippen LogP) is 4.43. The van der Waals surface area contributed by atoms with Crippen molar-refractivity contribution in [3.8, 4) is 0 Å². The first-order valence-corrected chi connectivity index (χ1v) is 10.3. The molecule has 3 rings (SSSR count). The molecular weight excluding hydrogens is 367 g/mol. The molecule has 1 amide bonds. The fourth-order valence-corrected chi connectivity index (χ4v) is 4.32. The number of hydrogen-bond acceptors (Lipinski definition) is 3. The lowest BCUT2D eigenvalue weighted by atomic mass is 10.0. The van der Waals surface area contributed by atoms with Crippen LogP contribution in [0.5, 0.6) is 0 Å². The number of allylic oxidation sites excluding steroid dienone is 1. The Kier molecular flexibility index (Phi) is 5.90. The van der Waals surface area contributed by atoms with Crippen molar-refractivity contribution in [1.82, 2.24) is 9.80 Å². The molecule has 1 fully saturated rings. The van der Waals surface area contributed by atoms with Crippen LogP contribution >= 0.6 is 8.86 Å². The Hall–Kier alpha value is -2.19. The highest BCUT2D eigenvalue weighted by Crippen LogP contribution is 2.38. The Balaban J connectivity index is 1.89. The topological polar surface area (TPSA) is 40.6 Å². The number of nitrogens with zero attached hydrogens (tertiary/aromatic N) is 2.